The fourth-order valence-corrected chi connectivity index (χ4v) is 1.93. The minimum absolute atomic E-state index is 0.00388. The van der Waals surface area contributed by atoms with Gasteiger partial charge < -0.3 is 16.8 Å². The molecule has 17 heavy (non-hydrogen) atoms. The van der Waals surface area contributed by atoms with Crippen LogP contribution in [0.2, 0.25) is 0 Å². The molecule has 0 saturated carbocycles. The second-order valence-electron chi connectivity index (χ2n) is 4.69. The van der Waals surface area contributed by atoms with Gasteiger partial charge >= 0.3 is 0 Å². The molecule has 0 heterocycles. The van der Waals surface area contributed by atoms with E-state index in [9.17, 15) is 0 Å². The molecule has 1 aromatic carbocycles. The molecule has 0 amide bonds. The lowest BCUT2D eigenvalue weighted by Gasteiger charge is -2.26. The average Bonchev–Trinajstić information content (AvgIpc) is 2.36. The Hall–Kier alpha value is -1.22. The number of hydrogen-bond acceptors (Lipinski definition) is 3. The summed E-state index contributed by atoms with van der Waals surface area (Å²) < 4.78 is 0. The van der Waals surface area contributed by atoms with Gasteiger partial charge in [0.05, 0.1) is 11.4 Å². The number of para-hydroxylation sites is 2. The summed E-state index contributed by atoms with van der Waals surface area (Å²) in [6.07, 6.45) is 4.21. The smallest absolute Gasteiger partial charge is 0.0573 e. The molecule has 0 bridgehead atoms. The third-order valence-corrected chi connectivity index (χ3v) is 3.54. The summed E-state index contributed by atoms with van der Waals surface area (Å²) in [5.74, 6) is 0. The molecule has 0 saturated heterocycles. The number of nitrogen functional groups attached to an aromatic ring is 1. The van der Waals surface area contributed by atoms with Crippen molar-refractivity contribution in [3.05, 3.63) is 24.3 Å². The zero-order valence-electron chi connectivity index (χ0n) is 11.0. The first-order valence-electron chi connectivity index (χ1n) is 6.48. The summed E-state index contributed by atoms with van der Waals surface area (Å²) in [5, 5.41) is 3.35. The number of rotatable bonds is 7. The highest BCUT2D eigenvalue weighted by Gasteiger charge is 2.18. The standard InChI is InChI=1S/C14H25N3/c1-3-14(16,4-2)10-7-11-17-13-9-6-5-8-12(13)15/h5-6,8-9,17H,3-4,7,10-11,15-16H2,1-2H3. The van der Waals surface area contributed by atoms with Crippen molar-refractivity contribution in [1.82, 2.24) is 0 Å². The van der Waals surface area contributed by atoms with Crippen LogP contribution < -0.4 is 16.8 Å². The molecule has 0 fully saturated rings. The molecule has 0 radical (unpaired) electrons. The Morgan fingerprint density at radius 2 is 1.82 bits per heavy atom. The van der Waals surface area contributed by atoms with Gasteiger partial charge in [-0.05, 0) is 37.8 Å². The molecule has 96 valence electrons. The van der Waals surface area contributed by atoms with E-state index in [-0.39, 0.29) is 5.54 Å². The van der Waals surface area contributed by atoms with Crippen LogP contribution in [0, 0.1) is 0 Å². The second kappa shape index (κ2) is 6.50. The van der Waals surface area contributed by atoms with Crippen molar-refractivity contribution >= 4 is 11.4 Å². The maximum atomic E-state index is 6.25. The summed E-state index contributed by atoms with van der Waals surface area (Å²) in [6.45, 7) is 5.24. The molecule has 0 spiro atoms. The predicted octanol–water partition coefficient (Wildman–Crippen LogP) is 2.98. The van der Waals surface area contributed by atoms with Gasteiger partial charge in [0, 0.05) is 12.1 Å². The van der Waals surface area contributed by atoms with Crippen molar-refractivity contribution < 1.29 is 0 Å². The lowest BCUT2D eigenvalue weighted by molar-refractivity contribution is 0.361. The Morgan fingerprint density at radius 1 is 1.18 bits per heavy atom. The van der Waals surface area contributed by atoms with Gasteiger partial charge in [-0.2, -0.15) is 0 Å². The van der Waals surface area contributed by atoms with Crippen LogP contribution in [0.4, 0.5) is 11.4 Å². The third kappa shape index (κ3) is 4.27. The summed E-state index contributed by atoms with van der Waals surface area (Å²) in [4.78, 5) is 0. The van der Waals surface area contributed by atoms with Crippen molar-refractivity contribution in [2.45, 2.75) is 45.1 Å². The number of anilines is 2. The van der Waals surface area contributed by atoms with Gasteiger partial charge in [-0.3, -0.25) is 0 Å². The maximum Gasteiger partial charge on any atom is 0.0573 e. The molecule has 0 aliphatic carbocycles. The topological polar surface area (TPSA) is 64.1 Å². The first-order valence-corrected chi connectivity index (χ1v) is 6.48. The zero-order chi connectivity index (χ0) is 12.7. The van der Waals surface area contributed by atoms with Crippen molar-refractivity contribution in [1.29, 1.82) is 0 Å². The largest absolute Gasteiger partial charge is 0.397 e. The minimum Gasteiger partial charge on any atom is -0.397 e. The molecule has 3 heteroatoms. The van der Waals surface area contributed by atoms with E-state index in [1.807, 2.05) is 24.3 Å². The van der Waals surface area contributed by atoms with Gasteiger partial charge in [0.15, 0.2) is 0 Å². The monoisotopic (exact) mass is 235 g/mol. The van der Waals surface area contributed by atoms with E-state index in [4.69, 9.17) is 11.5 Å². The molecular formula is C14H25N3. The lowest BCUT2D eigenvalue weighted by atomic mass is 9.89. The molecule has 0 atom stereocenters. The normalized spacial score (nSPS) is 11.5. The van der Waals surface area contributed by atoms with E-state index < -0.39 is 0 Å². The number of benzene rings is 1. The average molecular weight is 235 g/mol. The molecule has 1 aromatic rings. The highest BCUT2D eigenvalue weighted by molar-refractivity contribution is 5.65. The van der Waals surface area contributed by atoms with Crippen LogP contribution in [0.3, 0.4) is 0 Å². The van der Waals surface area contributed by atoms with Crippen LogP contribution in [0.25, 0.3) is 0 Å². The SMILES string of the molecule is CCC(N)(CC)CCCNc1ccccc1N. The van der Waals surface area contributed by atoms with Gasteiger partial charge in [-0.15, -0.1) is 0 Å². The molecular weight excluding hydrogens is 210 g/mol. The fraction of sp³-hybridized carbons (Fsp3) is 0.571. The van der Waals surface area contributed by atoms with Crippen LogP contribution >= 0.6 is 0 Å². The summed E-state index contributed by atoms with van der Waals surface area (Å²) >= 11 is 0. The predicted molar refractivity (Wildman–Crippen MR) is 76.1 cm³/mol. The van der Waals surface area contributed by atoms with Crippen molar-refractivity contribution in [2.75, 3.05) is 17.6 Å². The lowest BCUT2D eigenvalue weighted by Crippen LogP contribution is -2.38. The zero-order valence-corrected chi connectivity index (χ0v) is 11.0. The van der Waals surface area contributed by atoms with Crippen LogP contribution in [-0.4, -0.2) is 12.1 Å². The summed E-state index contributed by atoms with van der Waals surface area (Å²) in [7, 11) is 0. The molecule has 3 nitrogen and oxygen atoms in total. The first kappa shape index (κ1) is 13.8. The van der Waals surface area contributed by atoms with Gasteiger partial charge in [-0.25, -0.2) is 0 Å². The molecule has 5 N–H and O–H groups in total. The van der Waals surface area contributed by atoms with Gasteiger partial charge in [-0.1, -0.05) is 26.0 Å². The Bertz CT molecular complexity index is 332. The van der Waals surface area contributed by atoms with Crippen molar-refractivity contribution in [2.24, 2.45) is 5.73 Å². The van der Waals surface area contributed by atoms with Gasteiger partial charge in [0.25, 0.3) is 0 Å². The van der Waals surface area contributed by atoms with Crippen LogP contribution in [0.1, 0.15) is 39.5 Å². The highest BCUT2D eigenvalue weighted by atomic mass is 14.9. The Balaban J connectivity index is 2.32. The van der Waals surface area contributed by atoms with E-state index in [1.165, 1.54) is 0 Å². The number of nitrogens with one attached hydrogen (secondary N) is 1. The first-order chi connectivity index (χ1) is 8.11. The van der Waals surface area contributed by atoms with Crippen LogP contribution in [0.5, 0.6) is 0 Å². The van der Waals surface area contributed by atoms with Gasteiger partial charge in [0.1, 0.15) is 0 Å². The molecule has 1 rings (SSSR count). The van der Waals surface area contributed by atoms with E-state index in [2.05, 4.69) is 19.2 Å². The number of hydrogen-bond donors (Lipinski definition) is 3. The Labute approximate surface area is 105 Å². The van der Waals surface area contributed by atoms with Crippen molar-refractivity contribution in [3.63, 3.8) is 0 Å². The Kier molecular flexibility index (Phi) is 5.29. The molecule has 0 aliphatic rings. The summed E-state index contributed by atoms with van der Waals surface area (Å²) in [6, 6.07) is 7.85. The van der Waals surface area contributed by atoms with E-state index >= 15 is 0 Å². The molecule has 0 unspecified atom stereocenters. The minimum atomic E-state index is 0.00388. The van der Waals surface area contributed by atoms with E-state index in [1.54, 1.807) is 0 Å². The van der Waals surface area contributed by atoms with Crippen molar-refractivity contribution in [3.8, 4) is 0 Å². The van der Waals surface area contributed by atoms with E-state index in [0.29, 0.717) is 0 Å². The fourth-order valence-electron chi connectivity index (χ4n) is 1.93. The number of nitrogens with two attached hydrogens (primary N) is 2. The molecule has 0 aromatic heterocycles. The van der Waals surface area contributed by atoms with Crippen LogP contribution in [-0.2, 0) is 0 Å². The maximum absolute atomic E-state index is 6.25. The highest BCUT2D eigenvalue weighted by Crippen LogP contribution is 2.20. The van der Waals surface area contributed by atoms with E-state index in [0.717, 1.165) is 43.6 Å². The quantitative estimate of drug-likeness (QED) is 0.503. The Morgan fingerprint density at radius 3 is 2.41 bits per heavy atom. The van der Waals surface area contributed by atoms with Gasteiger partial charge in [0.2, 0.25) is 0 Å². The summed E-state index contributed by atoms with van der Waals surface area (Å²) in [5.41, 5.74) is 13.9. The molecule has 0 aliphatic heterocycles. The van der Waals surface area contributed by atoms with Crippen LogP contribution in [0.15, 0.2) is 24.3 Å². The second-order valence-corrected chi connectivity index (χ2v) is 4.69. The third-order valence-electron chi connectivity index (χ3n) is 3.54.